The second-order valence-corrected chi connectivity index (χ2v) is 7.25. The van der Waals surface area contributed by atoms with Crippen molar-refractivity contribution >= 4 is 11.8 Å². The molecular formula is C22H23F4N5O. The summed E-state index contributed by atoms with van der Waals surface area (Å²) in [5, 5.41) is 6.22. The molecule has 1 aromatic heterocycles. The molecule has 0 unspecified atom stereocenters. The average Bonchev–Trinajstić information content (AvgIpc) is 2.71. The second-order valence-electron chi connectivity index (χ2n) is 7.25. The molecular weight excluding hydrogens is 426 g/mol. The number of hydrogen-bond donors (Lipinski definition) is 2. The highest BCUT2D eigenvalue weighted by molar-refractivity contribution is 5.66. The van der Waals surface area contributed by atoms with Gasteiger partial charge in [0.05, 0.1) is 5.69 Å². The summed E-state index contributed by atoms with van der Waals surface area (Å²) in [6.45, 7) is 1.61. The number of nitrogens with one attached hydrogen (secondary N) is 2. The summed E-state index contributed by atoms with van der Waals surface area (Å²) in [4.78, 5) is 10.8. The van der Waals surface area contributed by atoms with Crippen molar-refractivity contribution in [2.75, 3.05) is 37.8 Å². The van der Waals surface area contributed by atoms with Crippen LogP contribution in [0.5, 0.6) is 5.75 Å². The predicted octanol–water partition coefficient (Wildman–Crippen LogP) is 4.77. The SMILES string of the molecule is CN(C)CCNc1nc(NCc2cccc(F)c2)cc(-c2cccc(OC(F)(F)F)c2)n1. The molecule has 0 aliphatic carbocycles. The van der Waals surface area contributed by atoms with Gasteiger partial charge >= 0.3 is 6.36 Å². The van der Waals surface area contributed by atoms with Gasteiger partial charge in [0.2, 0.25) is 5.95 Å². The first kappa shape index (κ1) is 23.3. The molecule has 3 aromatic rings. The number of likely N-dealkylation sites (N-methyl/N-ethyl adjacent to an activating group) is 1. The molecule has 2 aromatic carbocycles. The monoisotopic (exact) mass is 449 g/mol. The smallest absolute Gasteiger partial charge is 0.406 e. The summed E-state index contributed by atoms with van der Waals surface area (Å²) < 4.78 is 55.3. The van der Waals surface area contributed by atoms with E-state index in [1.165, 1.54) is 30.3 Å². The van der Waals surface area contributed by atoms with Gasteiger partial charge in [-0.2, -0.15) is 4.98 Å². The zero-order valence-electron chi connectivity index (χ0n) is 17.6. The van der Waals surface area contributed by atoms with E-state index in [1.54, 1.807) is 24.3 Å². The maximum absolute atomic E-state index is 13.4. The van der Waals surface area contributed by atoms with Crippen LogP contribution in [0.1, 0.15) is 5.56 Å². The van der Waals surface area contributed by atoms with E-state index in [4.69, 9.17) is 0 Å². The van der Waals surface area contributed by atoms with Crippen LogP contribution < -0.4 is 15.4 Å². The maximum atomic E-state index is 13.4. The van der Waals surface area contributed by atoms with Gasteiger partial charge in [-0.25, -0.2) is 9.37 Å². The molecule has 170 valence electrons. The quantitative estimate of drug-likeness (QED) is 0.459. The normalized spacial score (nSPS) is 11.5. The molecule has 0 radical (unpaired) electrons. The molecule has 0 aliphatic rings. The molecule has 0 spiro atoms. The van der Waals surface area contributed by atoms with Crippen molar-refractivity contribution in [2.45, 2.75) is 12.9 Å². The second kappa shape index (κ2) is 10.3. The lowest BCUT2D eigenvalue weighted by Gasteiger charge is -2.14. The minimum absolute atomic E-state index is 0.308. The number of anilines is 2. The first-order chi connectivity index (χ1) is 15.2. The Balaban J connectivity index is 1.86. The van der Waals surface area contributed by atoms with Gasteiger partial charge < -0.3 is 20.3 Å². The highest BCUT2D eigenvalue weighted by Crippen LogP contribution is 2.28. The van der Waals surface area contributed by atoms with Crippen molar-refractivity contribution in [1.29, 1.82) is 0 Å². The Morgan fingerprint density at radius 1 is 0.969 bits per heavy atom. The van der Waals surface area contributed by atoms with Crippen LogP contribution in [0.3, 0.4) is 0 Å². The van der Waals surface area contributed by atoms with Gasteiger partial charge in [-0.15, -0.1) is 13.2 Å². The molecule has 3 rings (SSSR count). The average molecular weight is 449 g/mol. The van der Waals surface area contributed by atoms with Crippen LogP contribution in [0, 0.1) is 5.82 Å². The van der Waals surface area contributed by atoms with Crippen molar-refractivity contribution in [3.05, 3.63) is 66.0 Å². The van der Waals surface area contributed by atoms with Gasteiger partial charge in [0.1, 0.15) is 17.4 Å². The summed E-state index contributed by atoms with van der Waals surface area (Å²) in [5.74, 6) is 0.0622. The number of alkyl halides is 3. The molecule has 10 heteroatoms. The van der Waals surface area contributed by atoms with Crippen LogP contribution in [-0.4, -0.2) is 48.4 Å². The fourth-order valence-corrected chi connectivity index (χ4v) is 2.85. The third kappa shape index (κ3) is 7.38. The summed E-state index contributed by atoms with van der Waals surface area (Å²) in [5.41, 5.74) is 1.55. The Labute approximate surface area is 183 Å². The largest absolute Gasteiger partial charge is 0.573 e. The summed E-state index contributed by atoms with van der Waals surface area (Å²) in [7, 11) is 3.86. The first-order valence-electron chi connectivity index (χ1n) is 9.80. The summed E-state index contributed by atoms with van der Waals surface area (Å²) in [6.07, 6.45) is -4.79. The van der Waals surface area contributed by atoms with Crippen LogP contribution in [-0.2, 0) is 6.54 Å². The Kier molecular flexibility index (Phi) is 7.47. The zero-order valence-corrected chi connectivity index (χ0v) is 17.6. The summed E-state index contributed by atoms with van der Waals surface area (Å²) in [6, 6.07) is 13.3. The van der Waals surface area contributed by atoms with E-state index < -0.39 is 6.36 Å². The number of hydrogen-bond acceptors (Lipinski definition) is 6. The number of ether oxygens (including phenoxy) is 1. The van der Waals surface area contributed by atoms with Crippen molar-refractivity contribution < 1.29 is 22.3 Å². The molecule has 6 nitrogen and oxygen atoms in total. The van der Waals surface area contributed by atoms with Crippen molar-refractivity contribution in [1.82, 2.24) is 14.9 Å². The number of benzene rings is 2. The number of halogens is 4. The summed E-state index contributed by atoms with van der Waals surface area (Å²) >= 11 is 0. The molecule has 0 fully saturated rings. The third-order valence-corrected chi connectivity index (χ3v) is 4.29. The minimum Gasteiger partial charge on any atom is -0.406 e. The van der Waals surface area contributed by atoms with Gasteiger partial charge in [0.25, 0.3) is 0 Å². The van der Waals surface area contributed by atoms with Crippen molar-refractivity contribution in [2.24, 2.45) is 0 Å². The van der Waals surface area contributed by atoms with Crippen LogP contribution in [0.25, 0.3) is 11.3 Å². The van der Waals surface area contributed by atoms with Crippen LogP contribution in [0.2, 0.25) is 0 Å². The van der Waals surface area contributed by atoms with Gasteiger partial charge in [0, 0.05) is 31.3 Å². The van der Waals surface area contributed by atoms with Crippen LogP contribution in [0.4, 0.5) is 29.3 Å². The lowest BCUT2D eigenvalue weighted by atomic mass is 10.1. The van der Waals surface area contributed by atoms with E-state index in [9.17, 15) is 17.6 Å². The Morgan fingerprint density at radius 2 is 1.75 bits per heavy atom. The first-order valence-corrected chi connectivity index (χ1v) is 9.80. The number of rotatable bonds is 9. The van der Waals surface area contributed by atoms with Crippen LogP contribution >= 0.6 is 0 Å². The number of aromatic nitrogens is 2. The highest BCUT2D eigenvalue weighted by atomic mass is 19.4. The third-order valence-electron chi connectivity index (χ3n) is 4.29. The van der Waals surface area contributed by atoms with Gasteiger partial charge in [-0.05, 0) is 43.9 Å². The Bertz CT molecular complexity index is 1040. The van der Waals surface area contributed by atoms with Gasteiger partial charge in [0.15, 0.2) is 0 Å². The topological polar surface area (TPSA) is 62.3 Å². The van der Waals surface area contributed by atoms with E-state index >= 15 is 0 Å². The molecule has 0 amide bonds. The van der Waals surface area contributed by atoms with E-state index in [-0.39, 0.29) is 11.6 Å². The predicted molar refractivity (Wildman–Crippen MR) is 115 cm³/mol. The fraction of sp³-hybridized carbons (Fsp3) is 0.273. The maximum Gasteiger partial charge on any atom is 0.573 e. The van der Waals surface area contributed by atoms with E-state index in [0.29, 0.717) is 41.7 Å². The Hall–Kier alpha value is -3.40. The van der Waals surface area contributed by atoms with Crippen molar-refractivity contribution in [3.63, 3.8) is 0 Å². The molecule has 32 heavy (non-hydrogen) atoms. The Morgan fingerprint density at radius 3 is 2.47 bits per heavy atom. The molecule has 2 N–H and O–H groups in total. The minimum atomic E-state index is -4.79. The lowest BCUT2D eigenvalue weighted by Crippen LogP contribution is -2.21. The molecule has 1 heterocycles. The highest BCUT2D eigenvalue weighted by Gasteiger charge is 2.31. The molecule has 0 saturated carbocycles. The van der Waals surface area contributed by atoms with E-state index in [2.05, 4.69) is 25.3 Å². The molecule has 0 aliphatic heterocycles. The lowest BCUT2D eigenvalue weighted by molar-refractivity contribution is -0.274. The van der Waals surface area contributed by atoms with Gasteiger partial charge in [-0.3, -0.25) is 0 Å². The van der Waals surface area contributed by atoms with E-state index in [1.807, 2.05) is 19.0 Å². The molecule has 0 bridgehead atoms. The van der Waals surface area contributed by atoms with E-state index in [0.717, 1.165) is 6.54 Å². The number of nitrogens with zero attached hydrogens (tertiary/aromatic N) is 3. The van der Waals surface area contributed by atoms with Crippen molar-refractivity contribution in [3.8, 4) is 17.0 Å². The molecule has 0 saturated heterocycles. The fourth-order valence-electron chi connectivity index (χ4n) is 2.85. The van der Waals surface area contributed by atoms with Crippen LogP contribution in [0.15, 0.2) is 54.6 Å². The molecule has 0 atom stereocenters. The standard InChI is InChI=1S/C22H23F4N5O/c1-31(2)10-9-27-21-29-19(16-6-4-8-18(12-16)32-22(24,25)26)13-20(30-21)28-14-15-5-3-7-17(23)11-15/h3-8,11-13H,9-10,14H2,1-2H3,(H2,27,28,29,30). The van der Waals surface area contributed by atoms with Gasteiger partial charge in [-0.1, -0.05) is 24.3 Å². The zero-order chi connectivity index (χ0) is 23.1.